The van der Waals surface area contributed by atoms with Gasteiger partial charge in [-0.25, -0.2) is 0 Å². The number of aryl methyl sites for hydroxylation is 1. The molecule has 0 atom stereocenters. The summed E-state index contributed by atoms with van der Waals surface area (Å²) < 4.78 is 10.6. The maximum atomic E-state index is 12.5. The Balaban J connectivity index is 1.78. The lowest BCUT2D eigenvalue weighted by molar-refractivity contribution is 0.102. The minimum absolute atomic E-state index is 0.272. The fourth-order valence-corrected chi connectivity index (χ4v) is 2.61. The Morgan fingerprint density at radius 2 is 1.81 bits per heavy atom. The summed E-state index contributed by atoms with van der Waals surface area (Å²) in [5, 5.41) is 6.10. The van der Waals surface area contributed by atoms with Crippen LogP contribution in [-0.4, -0.2) is 25.1 Å². The molecule has 1 heterocycles. The zero-order valence-electron chi connectivity index (χ0n) is 15.4. The molecule has 0 aliphatic rings. The van der Waals surface area contributed by atoms with Gasteiger partial charge in [-0.05, 0) is 48.9 Å². The van der Waals surface area contributed by atoms with Crippen LogP contribution < -0.4 is 20.1 Å². The van der Waals surface area contributed by atoms with Gasteiger partial charge in [0.15, 0.2) is 0 Å². The molecule has 0 fully saturated rings. The second-order valence-electron chi connectivity index (χ2n) is 5.94. The van der Waals surface area contributed by atoms with Gasteiger partial charge in [0, 0.05) is 23.6 Å². The number of nitrogens with one attached hydrogen (secondary N) is 2. The number of carbonyl (C=O) groups excluding carboxylic acids is 1. The summed E-state index contributed by atoms with van der Waals surface area (Å²) in [6.45, 7) is 1.97. The third kappa shape index (κ3) is 4.55. The molecule has 0 saturated carbocycles. The van der Waals surface area contributed by atoms with Gasteiger partial charge >= 0.3 is 0 Å². The lowest BCUT2D eigenvalue weighted by Crippen LogP contribution is -2.13. The van der Waals surface area contributed by atoms with Gasteiger partial charge in [0.25, 0.3) is 5.91 Å². The van der Waals surface area contributed by atoms with Crippen LogP contribution in [-0.2, 0) is 0 Å². The van der Waals surface area contributed by atoms with Gasteiger partial charge < -0.3 is 20.1 Å². The highest BCUT2D eigenvalue weighted by molar-refractivity contribution is 6.03. The predicted octanol–water partition coefficient (Wildman–Crippen LogP) is 4.40. The zero-order valence-corrected chi connectivity index (χ0v) is 15.4. The Morgan fingerprint density at radius 1 is 0.963 bits per heavy atom. The van der Waals surface area contributed by atoms with Crippen LogP contribution >= 0.6 is 0 Å². The van der Waals surface area contributed by atoms with Gasteiger partial charge in [-0.3, -0.25) is 9.78 Å². The first-order chi connectivity index (χ1) is 13.1. The summed E-state index contributed by atoms with van der Waals surface area (Å²) in [4.78, 5) is 16.7. The standard InChI is InChI=1S/C21H21N3O3/c1-14-5-4-6-15(11-14)24-21(25)19-12-16(9-10-22-19)23-18-8-7-17(26-2)13-20(18)27-3/h4-13H,1-3H3,(H,22,23)(H,24,25). The van der Waals surface area contributed by atoms with E-state index in [2.05, 4.69) is 15.6 Å². The van der Waals surface area contributed by atoms with E-state index in [9.17, 15) is 4.79 Å². The van der Waals surface area contributed by atoms with Crippen LogP contribution in [0, 0.1) is 6.92 Å². The van der Waals surface area contributed by atoms with Gasteiger partial charge in [0.2, 0.25) is 0 Å². The molecule has 3 rings (SSSR count). The summed E-state index contributed by atoms with van der Waals surface area (Å²) in [6.07, 6.45) is 1.59. The van der Waals surface area contributed by atoms with Crippen molar-refractivity contribution in [1.82, 2.24) is 4.98 Å². The highest BCUT2D eigenvalue weighted by Crippen LogP contribution is 2.31. The molecule has 2 N–H and O–H groups in total. The number of methoxy groups -OCH3 is 2. The molecule has 0 saturated heterocycles. The van der Waals surface area contributed by atoms with E-state index in [1.54, 1.807) is 38.6 Å². The number of benzene rings is 2. The van der Waals surface area contributed by atoms with E-state index in [4.69, 9.17) is 9.47 Å². The normalized spacial score (nSPS) is 10.2. The van der Waals surface area contributed by atoms with E-state index >= 15 is 0 Å². The minimum Gasteiger partial charge on any atom is -0.497 e. The minimum atomic E-state index is -0.272. The molecule has 0 aliphatic heterocycles. The van der Waals surface area contributed by atoms with Gasteiger partial charge in [0.05, 0.1) is 19.9 Å². The number of hydrogen-bond acceptors (Lipinski definition) is 5. The first kappa shape index (κ1) is 18.3. The van der Waals surface area contributed by atoms with Gasteiger partial charge in [-0.15, -0.1) is 0 Å². The van der Waals surface area contributed by atoms with Gasteiger partial charge in [-0.1, -0.05) is 12.1 Å². The number of pyridine rings is 1. The molecular formula is C21H21N3O3. The second kappa shape index (κ2) is 8.23. The van der Waals surface area contributed by atoms with E-state index in [1.165, 1.54) is 0 Å². The van der Waals surface area contributed by atoms with Crippen molar-refractivity contribution in [2.45, 2.75) is 6.92 Å². The van der Waals surface area contributed by atoms with Gasteiger partial charge in [0.1, 0.15) is 17.2 Å². The van der Waals surface area contributed by atoms with E-state index in [0.717, 1.165) is 22.6 Å². The predicted molar refractivity (Wildman–Crippen MR) is 106 cm³/mol. The van der Waals surface area contributed by atoms with Crippen molar-refractivity contribution in [2.24, 2.45) is 0 Å². The van der Waals surface area contributed by atoms with Gasteiger partial charge in [-0.2, -0.15) is 0 Å². The van der Waals surface area contributed by atoms with Crippen LogP contribution in [0.25, 0.3) is 0 Å². The molecule has 0 unspecified atom stereocenters. The van der Waals surface area contributed by atoms with E-state index in [-0.39, 0.29) is 5.91 Å². The highest BCUT2D eigenvalue weighted by atomic mass is 16.5. The summed E-state index contributed by atoms with van der Waals surface area (Å²) in [6, 6.07) is 16.6. The number of aromatic nitrogens is 1. The highest BCUT2D eigenvalue weighted by Gasteiger charge is 2.10. The third-order valence-electron chi connectivity index (χ3n) is 3.96. The van der Waals surface area contributed by atoms with Crippen molar-refractivity contribution < 1.29 is 14.3 Å². The Labute approximate surface area is 158 Å². The SMILES string of the molecule is COc1ccc(Nc2ccnc(C(=O)Nc3cccc(C)c3)c2)c(OC)c1. The van der Waals surface area contributed by atoms with Crippen molar-refractivity contribution in [2.75, 3.05) is 24.9 Å². The van der Waals surface area contributed by atoms with E-state index in [0.29, 0.717) is 17.2 Å². The van der Waals surface area contributed by atoms with Crippen LogP contribution in [0.3, 0.4) is 0 Å². The first-order valence-electron chi connectivity index (χ1n) is 8.42. The Kier molecular flexibility index (Phi) is 5.56. The van der Waals surface area contributed by atoms with Crippen molar-refractivity contribution >= 4 is 23.0 Å². The van der Waals surface area contributed by atoms with E-state index in [1.807, 2.05) is 43.3 Å². The molecule has 138 valence electrons. The number of ether oxygens (including phenoxy) is 2. The molecule has 0 radical (unpaired) electrons. The Bertz CT molecular complexity index is 957. The first-order valence-corrected chi connectivity index (χ1v) is 8.42. The van der Waals surface area contributed by atoms with Crippen molar-refractivity contribution in [3.8, 4) is 11.5 Å². The number of anilines is 3. The second-order valence-corrected chi connectivity index (χ2v) is 5.94. The zero-order chi connectivity index (χ0) is 19.2. The van der Waals surface area contributed by atoms with Crippen molar-refractivity contribution in [1.29, 1.82) is 0 Å². The summed E-state index contributed by atoms with van der Waals surface area (Å²) in [7, 11) is 3.19. The molecule has 1 aromatic heterocycles. The largest absolute Gasteiger partial charge is 0.497 e. The summed E-state index contributed by atoms with van der Waals surface area (Å²) in [5.41, 5.74) is 3.60. The summed E-state index contributed by atoms with van der Waals surface area (Å²) in [5.74, 6) is 1.06. The summed E-state index contributed by atoms with van der Waals surface area (Å²) >= 11 is 0. The maximum absolute atomic E-state index is 12.5. The van der Waals surface area contributed by atoms with Crippen LogP contribution in [0.5, 0.6) is 11.5 Å². The molecular weight excluding hydrogens is 342 g/mol. The fraction of sp³-hybridized carbons (Fsp3) is 0.143. The fourth-order valence-electron chi connectivity index (χ4n) is 2.61. The average molecular weight is 363 g/mol. The Hall–Kier alpha value is -3.54. The smallest absolute Gasteiger partial charge is 0.274 e. The lowest BCUT2D eigenvalue weighted by Gasteiger charge is -2.13. The molecule has 0 aliphatic carbocycles. The average Bonchev–Trinajstić information content (AvgIpc) is 2.68. The number of amides is 1. The van der Waals surface area contributed by atoms with Crippen molar-refractivity contribution in [3.63, 3.8) is 0 Å². The van der Waals surface area contributed by atoms with Crippen LogP contribution in [0.15, 0.2) is 60.8 Å². The quantitative estimate of drug-likeness (QED) is 0.679. The molecule has 6 heteroatoms. The monoisotopic (exact) mass is 363 g/mol. The molecule has 0 bridgehead atoms. The third-order valence-corrected chi connectivity index (χ3v) is 3.96. The molecule has 27 heavy (non-hydrogen) atoms. The molecule has 3 aromatic rings. The van der Waals surface area contributed by atoms with Crippen LogP contribution in [0.4, 0.5) is 17.1 Å². The number of nitrogens with zero attached hydrogens (tertiary/aromatic N) is 1. The molecule has 1 amide bonds. The topological polar surface area (TPSA) is 72.5 Å². The molecule has 6 nitrogen and oxygen atoms in total. The number of hydrogen-bond donors (Lipinski definition) is 2. The number of rotatable bonds is 6. The lowest BCUT2D eigenvalue weighted by atomic mass is 10.2. The van der Waals surface area contributed by atoms with Crippen molar-refractivity contribution in [3.05, 3.63) is 72.1 Å². The van der Waals surface area contributed by atoms with E-state index < -0.39 is 0 Å². The Morgan fingerprint density at radius 3 is 2.56 bits per heavy atom. The number of carbonyl (C=O) groups is 1. The molecule has 2 aromatic carbocycles. The van der Waals surface area contributed by atoms with Crippen LogP contribution in [0.2, 0.25) is 0 Å². The van der Waals surface area contributed by atoms with Crippen LogP contribution in [0.1, 0.15) is 16.1 Å². The maximum Gasteiger partial charge on any atom is 0.274 e. The molecule has 0 spiro atoms.